The predicted molar refractivity (Wildman–Crippen MR) is 355 cm³/mol. The number of amides is 6. The van der Waals surface area contributed by atoms with Gasteiger partial charge in [0.15, 0.2) is 0 Å². The molecule has 0 bridgehead atoms. The van der Waals surface area contributed by atoms with Crippen molar-refractivity contribution in [3.63, 3.8) is 0 Å². The molecule has 2 unspecified atom stereocenters. The number of thioether (sulfide) groups is 2. The fraction of sp³-hybridized carbons (Fsp3) is 0.441. The number of carbonyl (C=O) groups is 8. The summed E-state index contributed by atoms with van der Waals surface area (Å²) in [5, 5.41) is 103. The van der Waals surface area contributed by atoms with Gasteiger partial charge < -0.3 is 91.7 Å². The summed E-state index contributed by atoms with van der Waals surface area (Å²) in [6, 6.07) is 37.0. The first kappa shape index (κ1) is 79.1. The topological polar surface area (TPSA) is 408 Å². The second kappa shape index (κ2) is 39.1. The van der Waals surface area contributed by atoms with Gasteiger partial charge in [-0.15, -0.1) is 0 Å². The van der Waals surface area contributed by atoms with Crippen LogP contribution in [0.4, 0.5) is 0 Å². The Morgan fingerprint density at radius 3 is 1.16 bits per heavy atom. The summed E-state index contributed by atoms with van der Waals surface area (Å²) in [4.78, 5) is 101. The smallest absolute Gasteiger partial charge is 0.477 e. The van der Waals surface area contributed by atoms with Crippen molar-refractivity contribution in [1.82, 2.24) is 31.9 Å². The molecule has 518 valence electrons. The number of hydrogen-bond acceptors (Lipinski definition) is 20. The van der Waals surface area contributed by atoms with Crippen molar-refractivity contribution in [2.75, 3.05) is 49.3 Å². The zero-order valence-electron chi connectivity index (χ0n) is 54.1. The Balaban J connectivity index is 0.0000149. The SMILES string of the molecule is CC(=O)N[C@@H]1[C@@H](O)C[C@](OCCCSCCC(=O)NCc2ccc(CNC(=O)CCSCCCO[C@]3(C(=O)O)C[C@H](O)[C@@H](NC(C)=O)[C@H](C(O)[C@H](O)CNC(=O)c4ccc(-c5ccccc5)cc4)O3)cc2)(C(=O)O)O[C@H]1C(O)[C@H](O)CNC(=O)c1ccc(-c2ccccc2)cc1.[Na+]. The number of benzene rings is 5. The first-order chi connectivity index (χ1) is 46.0. The molecule has 7 rings (SSSR count). The zero-order chi connectivity index (χ0) is 69.4. The van der Waals surface area contributed by atoms with Gasteiger partial charge in [0.25, 0.3) is 23.4 Å². The first-order valence-corrected chi connectivity index (χ1v) is 33.7. The van der Waals surface area contributed by atoms with E-state index in [4.69, 9.17) is 18.9 Å². The van der Waals surface area contributed by atoms with E-state index in [0.717, 1.165) is 47.2 Å². The molecule has 14 N–H and O–H groups in total. The summed E-state index contributed by atoms with van der Waals surface area (Å²) in [5.74, 6) is -9.27. The fourth-order valence-electron chi connectivity index (χ4n) is 10.8. The Morgan fingerprint density at radius 1 is 0.495 bits per heavy atom. The van der Waals surface area contributed by atoms with Gasteiger partial charge in [0.1, 0.15) is 24.4 Å². The number of rotatable bonds is 36. The van der Waals surface area contributed by atoms with Gasteiger partial charge in [-0.25, -0.2) is 9.59 Å². The molecule has 0 aliphatic carbocycles. The molecule has 5 aromatic carbocycles. The largest absolute Gasteiger partial charge is 1.00 e. The van der Waals surface area contributed by atoms with E-state index in [1.54, 1.807) is 48.5 Å². The Bertz CT molecular complexity index is 3150. The molecular formula is C68H84N6NaO20S2+. The van der Waals surface area contributed by atoms with Crippen LogP contribution in [0.15, 0.2) is 133 Å². The molecule has 0 aromatic heterocycles. The number of aliphatic hydroxyl groups excluding tert-OH is 6. The molecule has 26 nitrogen and oxygen atoms in total. The molecular weight excluding hydrogens is 1310 g/mol. The molecule has 29 heteroatoms. The number of aliphatic hydroxyl groups is 6. The standard InChI is InChI=1S/C68H84N6O20S2.Na/c1-41(75)73-57-51(77)35-67(65(87)88,93-61(57)59(83)53(79)39-71-63(85)49-23-19-47(20-24-49)45-11-5-3-6-12-45)91-29-9-31-95-33-27-55(81)69-37-43-15-17-44(18-16-43)38-70-56(82)28-34-96-32-10-30-92-68(66(89)90)36-52(78)58(74-42(2)76)62(94-68)60(84)54(80)40-72-64(86)50-25-21-48(22-26-50)46-13-7-4-8-14-46;/h3-8,11-26,51-54,57-62,77-80,83-84H,9-10,27-40H2,1-2H3,(H,69,81)(H,70,82)(H,71,85)(H,72,86)(H,73,75)(H,74,76)(H,87,88)(H,89,90);/q;+1/t51-,52-,53+,54+,57+,58+,59?,60?,61+,62+,67+,68+;/m0./s1. The average Bonchev–Trinajstić information content (AvgIpc) is 0.778. The normalized spacial score (nSPS) is 21.8. The van der Waals surface area contributed by atoms with Gasteiger partial charge in [-0.3, -0.25) is 28.8 Å². The quantitative estimate of drug-likeness (QED) is 0.0177. The summed E-state index contributed by atoms with van der Waals surface area (Å²) < 4.78 is 23.2. The maximum absolute atomic E-state index is 13.0. The van der Waals surface area contributed by atoms with Crippen LogP contribution in [0.3, 0.4) is 0 Å². The third-order valence-electron chi connectivity index (χ3n) is 15.9. The molecule has 2 saturated heterocycles. The van der Waals surface area contributed by atoms with Crippen LogP contribution in [0, 0.1) is 0 Å². The summed E-state index contributed by atoms with van der Waals surface area (Å²) in [6.07, 6.45) is -14.3. The second-order valence-electron chi connectivity index (χ2n) is 23.2. The number of hydrogen-bond donors (Lipinski definition) is 14. The van der Waals surface area contributed by atoms with Gasteiger partial charge in [-0.2, -0.15) is 23.5 Å². The van der Waals surface area contributed by atoms with E-state index in [-0.39, 0.29) is 91.6 Å². The molecule has 0 saturated carbocycles. The summed E-state index contributed by atoms with van der Waals surface area (Å²) in [7, 11) is 0. The molecule has 0 radical (unpaired) electrons. The van der Waals surface area contributed by atoms with E-state index in [1.165, 1.54) is 23.5 Å². The van der Waals surface area contributed by atoms with Crippen molar-refractivity contribution >= 4 is 70.9 Å². The average molecular weight is 1390 g/mol. The third-order valence-corrected chi connectivity index (χ3v) is 18.1. The molecule has 5 aromatic rings. The molecule has 6 amide bonds. The van der Waals surface area contributed by atoms with Crippen LogP contribution < -0.4 is 61.5 Å². The van der Waals surface area contributed by atoms with Crippen molar-refractivity contribution in [2.45, 2.75) is 138 Å². The van der Waals surface area contributed by atoms with Gasteiger partial charge >= 0.3 is 41.5 Å². The molecule has 2 fully saturated rings. The molecule has 12 atom stereocenters. The molecule has 97 heavy (non-hydrogen) atoms. The summed E-state index contributed by atoms with van der Waals surface area (Å²) in [5.41, 5.74) is 5.82. The van der Waals surface area contributed by atoms with E-state index in [9.17, 15) is 79.2 Å². The van der Waals surface area contributed by atoms with Gasteiger partial charge in [0.2, 0.25) is 23.6 Å². The van der Waals surface area contributed by atoms with Crippen LogP contribution >= 0.6 is 23.5 Å². The minimum Gasteiger partial charge on any atom is -0.477 e. The zero-order valence-corrected chi connectivity index (χ0v) is 57.7. The van der Waals surface area contributed by atoms with Crippen LogP contribution in [-0.2, 0) is 60.8 Å². The van der Waals surface area contributed by atoms with Crippen molar-refractivity contribution < 1.29 is 128 Å². The monoisotopic (exact) mass is 1390 g/mol. The van der Waals surface area contributed by atoms with Crippen molar-refractivity contribution in [3.8, 4) is 22.3 Å². The summed E-state index contributed by atoms with van der Waals surface area (Å²) >= 11 is 2.83. The number of nitrogens with one attached hydrogen (secondary N) is 6. The van der Waals surface area contributed by atoms with Crippen LogP contribution in [0.1, 0.15) is 84.2 Å². The predicted octanol–water partition coefficient (Wildman–Crippen LogP) is -0.509. The number of carboxylic acids is 2. The minimum absolute atomic E-state index is 0. The first-order valence-electron chi connectivity index (χ1n) is 31.3. The van der Waals surface area contributed by atoms with Crippen LogP contribution in [0.25, 0.3) is 22.3 Å². The molecule has 2 aliphatic heterocycles. The number of ether oxygens (including phenoxy) is 4. The second-order valence-corrected chi connectivity index (χ2v) is 25.6. The number of carbonyl (C=O) groups excluding carboxylic acids is 6. The fourth-order valence-corrected chi connectivity index (χ4v) is 12.5. The Hall–Kier alpha value is -6.84. The maximum Gasteiger partial charge on any atom is 1.00 e. The van der Waals surface area contributed by atoms with Gasteiger partial charge in [-0.05, 0) is 82.0 Å². The number of aliphatic carboxylic acids is 2. The van der Waals surface area contributed by atoms with E-state index in [2.05, 4.69) is 31.9 Å². The van der Waals surface area contributed by atoms with Crippen LogP contribution in [0.2, 0.25) is 0 Å². The Morgan fingerprint density at radius 2 is 0.835 bits per heavy atom. The van der Waals surface area contributed by atoms with Gasteiger partial charge in [0.05, 0.1) is 49.7 Å². The van der Waals surface area contributed by atoms with E-state index in [0.29, 0.717) is 35.9 Å². The van der Waals surface area contributed by atoms with Crippen molar-refractivity contribution in [2.24, 2.45) is 0 Å². The van der Waals surface area contributed by atoms with Gasteiger partial charge in [-0.1, -0.05) is 109 Å². The minimum atomic E-state index is -2.48. The van der Waals surface area contributed by atoms with Gasteiger partial charge in [0, 0.05) is 88.3 Å². The molecule has 2 heterocycles. The summed E-state index contributed by atoms with van der Waals surface area (Å²) in [6.45, 7) is 1.45. The van der Waals surface area contributed by atoms with Crippen molar-refractivity contribution in [3.05, 3.63) is 156 Å². The van der Waals surface area contributed by atoms with Crippen LogP contribution in [0.5, 0.6) is 0 Å². The molecule has 0 spiro atoms. The van der Waals surface area contributed by atoms with E-state index < -0.39 is 134 Å². The Labute approximate surface area is 592 Å². The van der Waals surface area contributed by atoms with E-state index in [1.807, 2.05) is 84.9 Å². The van der Waals surface area contributed by atoms with Crippen LogP contribution in [-0.4, -0.2) is 210 Å². The number of carboxylic acid groups (broad SMARTS) is 2. The molecule has 2 aliphatic rings. The Kier molecular flexibility index (Phi) is 31.9. The third kappa shape index (κ3) is 23.7. The van der Waals surface area contributed by atoms with Crippen molar-refractivity contribution in [1.29, 1.82) is 0 Å². The van der Waals surface area contributed by atoms with E-state index >= 15 is 0 Å². The maximum atomic E-state index is 13.0.